The van der Waals surface area contributed by atoms with Crippen LogP contribution in [0.1, 0.15) is 37.3 Å². The second-order valence-corrected chi connectivity index (χ2v) is 7.74. The molecule has 2 aliphatic rings. The molecule has 0 radical (unpaired) electrons. The first-order chi connectivity index (χ1) is 14.1. The first-order valence-electron chi connectivity index (χ1n) is 10.4. The van der Waals surface area contributed by atoms with Gasteiger partial charge < -0.3 is 10.2 Å². The van der Waals surface area contributed by atoms with E-state index >= 15 is 0 Å². The van der Waals surface area contributed by atoms with Gasteiger partial charge in [-0.3, -0.25) is 14.5 Å². The number of hydrogen-bond acceptors (Lipinski definition) is 4. The molecular formula is C24H27N3O2. The molecule has 2 aromatic carbocycles. The number of rotatable bonds is 6. The van der Waals surface area contributed by atoms with Crippen LogP contribution in [0.4, 0.5) is 11.4 Å². The summed E-state index contributed by atoms with van der Waals surface area (Å²) in [6.07, 6.45) is 3.20. The molecule has 2 heterocycles. The summed E-state index contributed by atoms with van der Waals surface area (Å²) in [5, 5.41) is 3.24. The van der Waals surface area contributed by atoms with E-state index in [-0.39, 0.29) is 11.8 Å². The average molecular weight is 389 g/mol. The van der Waals surface area contributed by atoms with E-state index in [4.69, 9.17) is 0 Å². The number of carbonyl (C=O) groups excluding carboxylic acids is 2. The van der Waals surface area contributed by atoms with Gasteiger partial charge in [0, 0.05) is 31.0 Å². The fourth-order valence-electron chi connectivity index (χ4n) is 3.98. The number of amides is 2. The zero-order chi connectivity index (χ0) is 20.4. The van der Waals surface area contributed by atoms with Crippen LogP contribution in [0.2, 0.25) is 0 Å². The molecule has 5 nitrogen and oxygen atoms in total. The average Bonchev–Trinajstić information content (AvgIpc) is 3.34. The Morgan fingerprint density at radius 1 is 0.897 bits per heavy atom. The van der Waals surface area contributed by atoms with Crippen LogP contribution in [0.3, 0.4) is 0 Å². The molecule has 0 aliphatic carbocycles. The van der Waals surface area contributed by atoms with Gasteiger partial charge in [0.25, 0.3) is 11.8 Å². The summed E-state index contributed by atoms with van der Waals surface area (Å²) < 4.78 is 0. The largest absolute Gasteiger partial charge is 0.372 e. The molecule has 1 saturated heterocycles. The molecule has 4 rings (SSSR count). The molecule has 29 heavy (non-hydrogen) atoms. The molecule has 0 spiro atoms. The minimum absolute atomic E-state index is 0.225. The molecule has 0 unspecified atom stereocenters. The van der Waals surface area contributed by atoms with Crippen molar-refractivity contribution in [3.63, 3.8) is 0 Å². The highest BCUT2D eigenvalue weighted by Crippen LogP contribution is 2.31. The molecule has 0 bridgehead atoms. The molecule has 0 aromatic heterocycles. The van der Waals surface area contributed by atoms with Crippen LogP contribution in [0, 0.1) is 6.92 Å². The third kappa shape index (κ3) is 3.77. The fraction of sp³-hybridized carbons (Fsp3) is 0.333. The number of imide groups is 1. The molecule has 1 N–H and O–H groups in total. The van der Waals surface area contributed by atoms with Crippen molar-refractivity contribution in [3.8, 4) is 0 Å². The highest BCUT2D eigenvalue weighted by atomic mass is 16.2. The highest BCUT2D eigenvalue weighted by Gasteiger charge is 2.38. The minimum atomic E-state index is -0.254. The summed E-state index contributed by atoms with van der Waals surface area (Å²) in [5.74, 6) is -0.479. The van der Waals surface area contributed by atoms with Gasteiger partial charge in [-0.1, -0.05) is 36.8 Å². The van der Waals surface area contributed by atoms with Crippen molar-refractivity contribution in [1.29, 1.82) is 0 Å². The van der Waals surface area contributed by atoms with E-state index in [1.54, 1.807) is 0 Å². The fourth-order valence-corrected chi connectivity index (χ4v) is 3.98. The lowest BCUT2D eigenvalue weighted by Gasteiger charge is -2.18. The Kier molecular flexibility index (Phi) is 5.38. The van der Waals surface area contributed by atoms with Crippen LogP contribution in [0.15, 0.2) is 54.2 Å². The van der Waals surface area contributed by atoms with Gasteiger partial charge in [-0.15, -0.1) is 0 Å². The Hall–Kier alpha value is -3.08. The lowest BCUT2D eigenvalue weighted by atomic mass is 10.0. The van der Waals surface area contributed by atoms with E-state index in [1.165, 1.54) is 23.4 Å². The smallest absolute Gasteiger partial charge is 0.278 e. The Bertz CT molecular complexity index is 939. The molecule has 2 aromatic rings. The zero-order valence-electron chi connectivity index (χ0n) is 17.1. The summed E-state index contributed by atoms with van der Waals surface area (Å²) in [4.78, 5) is 29.7. The SMILES string of the molecule is CCCN1C(=O)C(Nc2ccc(N3CCCC3)cc2)=C(c2ccc(C)cc2)C1=O. The maximum Gasteiger partial charge on any atom is 0.278 e. The quantitative estimate of drug-likeness (QED) is 0.753. The topological polar surface area (TPSA) is 52.7 Å². The van der Waals surface area contributed by atoms with Gasteiger partial charge in [-0.2, -0.15) is 0 Å². The molecule has 150 valence electrons. The van der Waals surface area contributed by atoms with Crippen LogP contribution in [-0.2, 0) is 9.59 Å². The maximum atomic E-state index is 13.0. The summed E-state index contributed by atoms with van der Waals surface area (Å²) >= 11 is 0. The molecule has 0 saturated carbocycles. The van der Waals surface area contributed by atoms with Gasteiger partial charge in [0.15, 0.2) is 0 Å². The van der Waals surface area contributed by atoms with Gasteiger partial charge in [-0.05, 0) is 56.0 Å². The standard InChI is InChI=1S/C24H27N3O2/c1-3-14-27-23(28)21(18-8-6-17(2)7-9-18)22(24(27)29)25-19-10-12-20(13-11-19)26-15-4-5-16-26/h6-13,25H,3-5,14-16H2,1-2H3. The normalized spacial score (nSPS) is 16.9. The van der Waals surface area contributed by atoms with Crippen LogP contribution in [0.5, 0.6) is 0 Å². The van der Waals surface area contributed by atoms with E-state index in [0.29, 0.717) is 17.8 Å². The van der Waals surface area contributed by atoms with Crippen molar-refractivity contribution in [2.75, 3.05) is 29.9 Å². The predicted octanol–water partition coefficient (Wildman–Crippen LogP) is 4.20. The van der Waals surface area contributed by atoms with Crippen molar-refractivity contribution < 1.29 is 9.59 Å². The summed E-state index contributed by atoms with van der Waals surface area (Å²) in [5.41, 5.74) is 4.70. The van der Waals surface area contributed by atoms with Gasteiger partial charge in [0.1, 0.15) is 5.70 Å². The molecule has 2 aliphatic heterocycles. The second-order valence-electron chi connectivity index (χ2n) is 7.74. The monoisotopic (exact) mass is 389 g/mol. The lowest BCUT2D eigenvalue weighted by Crippen LogP contribution is -2.33. The van der Waals surface area contributed by atoms with Crippen LogP contribution >= 0.6 is 0 Å². The van der Waals surface area contributed by atoms with Gasteiger partial charge in [0.05, 0.1) is 5.57 Å². The van der Waals surface area contributed by atoms with Crippen LogP contribution in [0.25, 0.3) is 5.57 Å². The number of anilines is 2. The summed E-state index contributed by atoms with van der Waals surface area (Å²) in [7, 11) is 0. The summed E-state index contributed by atoms with van der Waals surface area (Å²) in [6, 6.07) is 15.8. The van der Waals surface area contributed by atoms with Crippen molar-refractivity contribution in [3.05, 3.63) is 65.4 Å². The number of carbonyl (C=O) groups is 2. The van der Waals surface area contributed by atoms with E-state index < -0.39 is 0 Å². The Morgan fingerprint density at radius 2 is 1.55 bits per heavy atom. The number of nitrogens with one attached hydrogen (secondary N) is 1. The van der Waals surface area contributed by atoms with Crippen LogP contribution < -0.4 is 10.2 Å². The van der Waals surface area contributed by atoms with E-state index in [9.17, 15) is 9.59 Å². The first-order valence-corrected chi connectivity index (χ1v) is 10.4. The van der Waals surface area contributed by atoms with Gasteiger partial charge in [0.2, 0.25) is 0 Å². The molecular weight excluding hydrogens is 362 g/mol. The third-order valence-electron chi connectivity index (χ3n) is 5.56. The van der Waals surface area contributed by atoms with Crippen molar-refractivity contribution >= 4 is 28.8 Å². The zero-order valence-corrected chi connectivity index (χ0v) is 17.1. The highest BCUT2D eigenvalue weighted by molar-refractivity contribution is 6.36. The van der Waals surface area contributed by atoms with Crippen molar-refractivity contribution in [1.82, 2.24) is 4.90 Å². The Morgan fingerprint density at radius 3 is 2.17 bits per heavy atom. The Balaban J connectivity index is 1.66. The van der Waals surface area contributed by atoms with E-state index in [2.05, 4.69) is 22.3 Å². The van der Waals surface area contributed by atoms with E-state index in [0.717, 1.165) is 36.3 Å². The van der Waals surface area contributed by atoms with Gasteiger partial charge in [-0.25, -0.2) is 0 Å². The van der Waals surface area contributed by atoms with Crippen molar-refractivity contribution in [2.45, 2.75) is 33.1 Å². The molecule has 2 amide bonds. The van der Waals surface area contributed by atoms with Crippen molar-refractivity contribution in [2.24, 2.45) is 0 Å². The first kappa shape index (κ1) is 19.2. The van der Waals surface area contributed by atoms with E-state index in [1.807, 2.05) is 50.2 Å². The van der Waals surface area contributed by atoms with Crippen LogP contribution in [-0.4, -0.2) is 36.3 Å². The Labute approximate surface area is 172 Å². The molecule has 5 heteroatoms. The third-order valence-corrected chi connectivity index (χ3v) is 5.56. The second kappa shape index (κ2) is 8.11. The minimum Gasteiger partial charge on any atom is -0.372 e. The molecule has 1 fully saturated rings. The number of aryl methyl sites for hydroxylation is 1. The maximum absolute atomic E-state index is 13.0. The lowest BCUT2D eigenvalue weighted by molar-refractivity contribution is -0.136. The number of hydrogen-bond donors (Lipinski definition) is 1. The molecule has 0 atom stereocenters. The number of benzene rings is 2. The predicted molar refractivity (Wildman–Crippen MR) is 117 cm³/mol. The van der Waals surface area contributed by atoms with Gasteiger partial charge >= 0.3 is 0 Å². The number of nitrogens with zero attached hydrogens (tertiary/aromatic N) is 2. The summed E-state index contributed by atoms with van der Waals surface area (Å²) in [6.45, 7) is 6.58.